The van der Waals surface area contributed by atoms with Crippen LogP contribution >= 0.6 is 11.6 Å². The highest BCUT2D eigenvalue weighted by Gasteiger charge is 2.10. The van der Waals surface area contributed by atoms with Crippen LogP contribution in [0.1, 0.15) is 5.56 Å². The van der Waals surface area contributed by atoms with Crippen LogP contribution in [0.5, 0.6) is 0 Å². The zero-order valence-electron chi connectivity index (χ0n) is 6.28. The van der Waals surface area contributed by atoms with Gasteiger partial charge in [0.05, 0.1) is 5.02 Å². The molecule has 0 aliphatic heterocycles. The van der Waals surface area contributed by atoms with Gasteiger partial charge < -0.3 is 5.73 Å². The molecule has 1 aromatic carbocycles. The molecule has 1 nitrogen and oxygen atoms in total. The minimum Gasteiger partial charge on any atom is -0.330 e. The van der Waals surface area contributed by atoms with Crippen molar-refractivity contribution >= 4 is 11.6 Å². The van der Waals surface area contributed by atoms with Gasteiger partial charge in [-0.3, -0.25) is 0 Å². The molecule has 0 saturated carbocycles. The Kier molecular flexibility index (Phi) is 3.00. The Morgan fingerprint density at radius 3 is 2.42 bits per heavy atom. The lowest BCUT2D eigenvalue weighted by atomic mass is 10.1. The smallest absolute Gasteiger partial charge is 0.142 e. The van der Waals surface area contributed by atoms with Gasteiger partial charge in [0.25, 0.3) is 0 Å². The van der Waals surface area contributed by atoms with Crippen molar-refractivity contribution in [3.8, 4) is 0 Å². The van der Waals surface area contributed by atoms with Gasteiger partial charge in [0.15, 0.2) is 0 Å². The monoisotopic (exact) mass is 191 g/mol. The van der Waals surface area contributed by atoms with E-state index < -0.39 is 11.6 Å². The van der Waals surface area contributed by atoms with Crippen molar-refractivity contribution in [3.63, 3.8) is 0 Å². The standard InChI is InChI=1S/C8H8ClF2N/c9-8-5(3-4-12)6(10)1-2-7(8)11/h1-2H,3-4,12H2. The molecule has 1 aromatic rings. The maximum absolute atomic E-state index is 12.9. The number of nitrogens with two attached hydrogens (primary N) is 1. The van der Waals surface area contributed by atoms with Gasteiger partial charge in [-0.05, 0) is 25.1 Å². The van der Waals surface area contributed by atoms with Crippen LogP contribution in [0.2, 0.25) is 5.02 Å². The van der Waals surface area contributed by atoms with E-state index in [1.54, 1.807) is 0 Å². The first kappa shape index (κ1) is 9.42. The van der Waals surface area contributed by atoms with E-state index in [0.717, 1.165) is 12.1 Å². The molecule has 0 atom stereocenters. The molecule has 4 heteroatoms. The van der Waals surface area contributed by atoms with Crippen molar-refractivity contribution in [1.29, 1.82) is 0 Å². The van der Waals surface area contributed by atoms with Gasteiger partial charge in [0.2, 0.25) is 0 Å². The number of hydrogen-bond acceptors (Lipinski definition) is 1. The Hall–Kier alpha value is -0.670. The highest BCUT2D eigenvalue weighted by Crippen LogP contribution is 2.22. The molecular formula is C8H8ClF2N. The van der Waals surface area contributed by atoms with Gasteiger partial charge in [0.1, 0.15) is 11.6 Å². The molecule has 0 aromatic heterocycles. The number of rotatable bonds is 2. The Morgan fingerprint density at radius 2 is 1.83 bits per heavy atom. The van der Waals surface area contributed by atoms with Crippen LogP contribution in [0.4, 0.5) is 8.78 Å². The molecule has 0 fully saturated rings. The molecule has 1 rings (SSSR count). The lowest BCUT2D eigenvalue weighted by molar-refractivity contribution is 0.585. The topological polar surface area (TPSA) is 26.0 Å². The molecule has 0 aliphatic carbocycles. The van der Waals surface area contributed by atoms with Crippen LogP contribution < -0.4 is 5.73 Å². The first-order valence-corrected chi connectivity index (χ1v) is 3.87. The van der Waals surface area contributed by atoms with Crippen molar-refractivity contribution in [2.75, 3.05) is 6.54 Å². The molecule has 0 spiro atoms. The maximum Gasteiger partial charge on any atom is 0.142 e. The molecule has 0 amide bonds. The summed E-state index contributed by atoms with van der Waals surface area (Å²) in [5.41, 5.74) is 5.35. The van der Waals surface area contributed by atoms with Crippen LogP contribution in [-0.4, -0.2) is 6.54 Å². The average molecular weight is 192 g/mol. The van der Waals surface area contributed by atoms with E-state index in [4.69, 9.17) is 17.3 Å². The van der Waals surface area contributed by atoms with Gasteiger partial charge in [-0.25, -0.2) is 8.78 Å². The quantitative estimate of drug-likeness (QED) is 0.712. The van der Waals surface area contributed by atoms with E-state index in [2.05, 4.69) is 0 Å². The Balaban J connectivity index is 3.14. The summed E-state index contributed by atoms with van der Waals surface area (Å²) in [6.45, 7) is 0.250. The van der Waals surface area contributed by atoms with Crippen LogP contribution in [0.3, 0.4) is 0 Å². The number of benzene rings is 1. The summed E-state index contributed by atoms with van der Waals surface area (Å²) in [6, 6.07) is 2.05. The summed E-state index contributed by atoms with van der Waals surface area (Å²) in [6.07, 6.45) is 0.252. The maximum atomic E-state index is 12.9. The van der Waals surface area contributed by atoms with Crippen molar-refractivity contribution in [2.24, 2.45) is 5.73 Å². The summed E-state index contributed by atoms with van der Waals surface area (Å²) in [5, 5.41) is -0.166. The fraction of sp³-hybridized carbons (Fsp3) is 0.250. The van der Waals surface area contributed by atoms with Crippen LogP contribution in [0.15, 0.2) is 12.1 Å². The fourth-order valence-electron chi connectivity index (χ4n) is 0.943. The Bertz CT molecular complexity index is 289. The van der Waals surface area contributed by atoms with Gasteiger partial charge in [-0.1, -0.05) is 11.6 Å². The summed E-state index contributed by atoms with van der Waals surface area (Å²) < 4.78 is 25.7. The van der Waals surface area contributed by atoms with Crippen molar-refractivity contribution in [1.82, 2.24) is 0 Å². The minimum atomic E-state index is -0.610. The van der Waals surface area contributed by atoms with E-state index in [9.17, 15) is 8.78 Å². The second-order valence-electron chi connectivity index (χ2n) is 2.36. The Labute approximate surface area is 74.1 Å². The van der Waals surface area contributed by atoms with E-state index in [-0.39, 0.29) is 23.6 Å². The SMILES string of the molecule is NCCc1c(F)ccc(F)c1Cl. The zero-order valence-corrected chi connectivity index (χ0v) is 7.04. The van der Waals surface area contributed by atoms with Gasteiger partial charge in [-0.15, -0.1) is 0 Å². The molecule has 0 saturated heterocycles. The average Bonchev–Trinajstić information content (AvgIpc) is 2.06. The van der Waals surface area contributed by atoms with E-state index in [0.29, 0.717) is 0 Å². The number of hydrogen-bond donors (Lipinski definition) is 1. The lowest BCUT2D eigenvalue weighted by Gasteiger charge is -2.04. The molecule has 12 heavy (non-hydrogen) atoms. The third kappa shape index (κ3) is 1.73. The predicted molar refractivity (Wildman–Crippen MR) is 44.1 cm³/mol. The van der Waals surface area contributed by atoms with Crippen LogP contribution in [0, 0.1) is 11.6 Å². The second-order valence-corrected chi connectivity index (χ2v) is 2.74. The molecule has 2 N–H and O–H groups in total. The summed E-state index contributed by atoms with van der Waals surface area (Å²) in [7, 11) is 0. The molecule has 66 valence electrons. The molecule has 0 radical (unpaired) electrons. The Morgan fingerprint density at radius 1 is 1.25 bits per heavy atom. The van der Waals surface area contributed by atoms with Crippen LogP contribution in [0.25, 0.3) is 0 Å². The lowest BCUT2D eigenvalue weighted by Crippen LogP contribution is -2.05. The summed E-state index contributed by atoms with van der Waals surface area (Å²) in [4.78, 5) is 0. The van der Waals surface area contributed by atoms with Gasteiger partial charge in [0, 0.05) is 5.56 Å². The van der Waals surface area contributed by atoms with Gasteiger partial charge in [-0.2, -0.15) is 0 Å². The fourth-order valence-corrected chi connectivity index (χ4v) is 1.19. The molecule has 0 bridgehead atoms. The van der Waals surface area contributed by atoms with E-state index in [1.165, 1.54) is 0 Å². The van der Waals surface area contributed by atoms with Crippen LogP contribution in [-0.2, 0) is 6.42 Å². The largest absolute Gasteiger partial charge is 0.330 e. The summed E-state index contributed by atoms with van der Waals surface area (Å²) in [5.74, 6) is -1.12. The third-order valence-corrected chi connectivity index (χ3v) is 1.94. The van der Waals surface area contributed by atoms with Crippen molar-refractivity contribution in [3.05, 3.63) is 34.4 Å². The third-order valence-electron chi connectivity index (χ3n) is 1.53. The normalized spacial score (nSPS) is 10.3. The first-order valence-electron chi connectivity index (χ1n) is 3.49. The highest BCUT2D eigenvalue weighted by molar-refractivity contribution is 6.31. The minimum absolute atomic E-state index is 0.152. The summed E-state index contributed by atoms with van der Waals surface area (Å²) >= 11 is 5.51. The van der Waals surface area contributed by atoms with E-state index in [1.807, 2.05) is 0 Å². The zero-order chi connectivity index (χ0) is 9.14. The first-order chi connectivity index (χ1) is 5.66. The molecule has 0 aliphatic rings. The molecule has 0 unspecified atom stereocenters. The molecule has 0 heterocycles. The second kappa shape index (κ2) is 3.83. The van der Waals surface area contributed by atoms with Crippen molar-refractivity contribution < 1.29 is 8.78 Å². The van der Waals surface area contributed by atoms with Crippen molar-refractivity contribution in [2.45, 2.75) is 6.42 Å². The number of halogens is 3. The molecular weight excluding hydrogens is 184 g/mol. The predicted octanol–water partition coefficient (Wildman–Crippen LogP) is 2.12. The highest BCUT2D eigenvalue weighted by atomic mass is 35.5. The van der Waals surface area contributed by atoms with Gasteiger partial charge >= 0.3 is 0 Å². The van der Waals surface area contributed by atoms with E-state index >= 15 is 0 Å².